The van der Waals surface area contributed by atoms with Crippen LogP contribution >= 0.6 is 0 Å². The molecule has 136 valence electrons. The van der Waals surface area contributed by atoms with Gasteiger partial charge in [0.1, 0.15) is 11.6 Å². The van der Waals surface area contributed by atoms with Gasteiger partial charge in [0.15, 0.2) is 0 Å². The third-order valence-corrected chi connectivity index (χ3v) is 4.53. The van der Waals surface area contributed by atoms with Crippen LogP contribution in [0.5, 0.6) is 0 Å². The molecule has 3 rings (SSSR count). The van der Waals surface area contributed by atoms with Gasteiger partial charge >= 0.3 is 11.8 Å². The van der Waals surface area contributed by atoms with Crippen LogP contribution < -0.4 is 10.6 Å². The van der Waals surface area contributed by atoms with E-state index in [9.17, 15) is 18.4 Å². The fourth-order valence-corrected chi connectivity index (χ4v) is 3.09. The number of methoxy groups -OCH3 is 1. The van der Waals surface area contributed by atoms with Crippen molar-refractivity contribution < 1.29 is 23.1 Å². The molecule has 0 heterocycles. The highest BCUT2D eigenvalue weighted by Crippen LogP contribution is 2.32. The Hall–Kier alpha value is -2.80. The molecule has 0 radical (unpaired) electrons. The first kappa shape index (κ1) is 18.0. The van der Waals surface area contributed by atoms with E-state index >= 15 is 0 Å². The first-order valence-corrected chi connectivity index (χ1v) is 8.09. The Bertz CT molecular complexity index is 829. The maximum Gasteiger partial charge on any atom is 0.313 e. The monoisotopic (exact) mass is 360 g/mol. The Balaban J connectivity index is 1.61. The van der Waals surface area contributed by atoms with Crippen LogP contribution in [0, 0.1) is 11.6 Å². The summed E-state index contributed by atoms with van der Waals surface area (Å²) in [5.41, 5.74) is 1.24. The first-order chi connectivity index (χ1) is 12.4. The predicted molar refractivity (Wildman–Crippen MR) is 91.6 cm³/mol. The van der Waals surface area contributed by atoms with E-state index in [2.05, 4.69) is 10.6 Å². The summed E-state index contributed by atoms with van der Waals surface area (Å²) in [5.74, 6) is -3.56. The Morgan fingerprint density at radius 2 is 1.73 bits per heavy atom. The summed E-state index contributed by atoms with van der Waals surface area (Å²) in [4.78, 5) is 24.0. The zero-order valence-electron chi connectivity index (χ0n) is 14.1. The average Bonchev–Trinajstić information content (AvgIpc) is 3.02. The molecule has 0 saturated heterocycles. The minimum Gasteiger partial charge on any atom is -0.376 e. The quantitative estimate of drug-likeness (QED) is 0.822. The molecule has 1 aliphatic carbocycles. The number of halogens is 2. The number of amides is 2. The largest absolute Gasteiger partial charge is 0.376 e. The standard InChI is InChI=1S/C19H18F2N2O3/c1-26-19(9-12-4-2-3-5-13(12)10-19)11-22-17(24)18(25)23-16-8-14(20)6-7-15(16)21/h2-8H,9-11H2,1H3,(H,22,24)(H,23,25). The SMILES string of the molecule is COC1(CNC(=O)C(=O)Nc2cc(F)ccc2F)Cc2ccccc2C1. The van der Waals surface area contributed by atoms with Crippen molar-refractivity contribution in [2.24, 2.45) is 0 Å². The third kappa shape index (κ3) is 3.72. The van der Waals surface area contributed by atoms with Crippen LogP contribution in [0.3, 0.4) is 0 Å². The molecule has 0 aromatic heterocycles. The van der Waals surface area contributed by atoms with E-state index in [1.807, 2.05) is 24.3 Å². The van der Waals surface area contributed by atoms with E-state index in [0.717, 1.165) is 29.3 Å². The normalized spacial score (nSPS) is 14.6. The molecule has 2 amide bonds. The van der Waals surface area contributed by atoms with Gasteiger partial charge in [0, 0.05) is 32.6 Å². The van der Waals surface area contributed by atoms with E-state index in [-0.39, 0.29) is 12.2 Å². The summed E-state index contributed by atoms with van der Waals surface area (Å²) >= 11 is 0. The molecule has 0 fully saturated rings. The van der Waals surface area contributed by atoms with Gasteiger partial charge in [-0.25, -0.2) is 8.78 Å². The van der Waals surface area contributed by atoms with Gasteiger partial charge < -0.3 is 15.4 Å². The number of fused-ring (bicyclic) bond motifs is 1. The number of carbonyl (C=O) groups is 2. The highest BCUT2D eigenvalue weighted by atomic mass is 19.1. The van der Waals surface area contributed by atoms with E-state index in [0.29, 0.717) is 12.8 Å². The van der Waals surface area contributed by atoms with Crippen molar-refractivity contribution in [1.29, 1.82) is 0 Å². The zero-order chi connectivity index (χ0) is 18.7. The second-order valence-electron chi connectivity index (χ2n) is 6.27. The minimum atomic E-state index is -1.07. The summed E-state index contributed by atoms with van der Waals surface area (Å²) in [6, 6.07) is 10.5. The van der Waals surface area contributed by atoms with Crippen LogP contribution in [-0.2, 0) is 27.2 Å². The number of nitrogens with one attached hydrogen (secondary N) is 2. The highest BCUT2D eigenvalue weighted by Gasteiger charge is 2.38. The Labute approximate surface area is 149 Å². The van der Waals surface area contributed by atoms with Gasteiger partial charge in [0.05, 0.1) is 11.3 Å². The number of ether oxygens (including phenoxy) is 1. The van der Waals surface area contributed by atoms with E-state index < -0.39 is 29.0 Å². The Morgan fingerprint density at radius 3 is 2.35 bits per heavy atom. The number of rotatable bonds is 4. The lowest BCUT2D eigenvalue weighted by Crippen LogP contribution is -2.48. The van der Waals surface area contributed by atoms with Gasteiger partial charge in [-0.2, -0.15) is 0 Å². The number of hydrogen-bond donors (Lipinski definition) is 2. The van der Waals surface area contributed by atoms with E-state index in [1.54, 1.807) is 7.11 Å². The topological polar surface area (TPSA) is 67.4 Å². The molecule has 2 N–H and O–H groups in total. The van der Waals surface area contributed by atoms with Gasteiger partial charge in [0.25, 0.3) is 0 Å². The van der Waals surface area contributed by atoms with Crippen molar-refractivity contribution in [3.8, 4) is 0 Å². The first-order valence-electron chi connectivity index (χ1n) is 8.09. The highest BCUT2D eigenvalue weighted by molar-refractivity contribution is 6.39. The van der Waals surface area contributed by atoms with Crippen molar-refractivity contribution in [2.45, 2.75) is 18.4 Å². The van der Waals surface area contributed by atoms with Gasteiger partial charge in [-0.3, -0.25) is 9.59 Å². The van der Waals surface area contributed by atoms with E-state index in [4.69, 9.17) is 4.74 Å². The summed E-state index contributed by atoms with van der Waals surface area (Å²) in [5, 5.41) is 4.58. The maximum absolute atomic E-state index is 13.6. The molecule has 2 aromatic carbocycles. The molecule has 7 heteroatoms. The molecular formula is C19H18F2N2O3. The summed E-state index contributed by atoms with van der Waals surface area (Å²) in [6.07, 6.45) is 1.22. The fraction of sp³-hybridized carbons (Fsp3) is 0.263. The zero-order valence-corrected chi connectivity index (χ0v) is 14.1. The second-order valence-corrected chi connectivity index (χ2v) is 6.27. The lowest BCUT2D eigenvalue weighted by Gasteiger charge is -2.27. The van der Waals surface area contributed by atoms with E-state index in [1.165, 1.54) is 0 Å². The minimum absolute atomic E-state index is 0.121. The smallest absolute Gasteiger partial charge is 0.313 e. The Kier molecular flexibility index (Phi) is 4.99. The van der Waals surface area contributed by atoms with Crippen molar-refractivity contribution in [1.82, 2.24) is 5.32 Å². The molecule has 0 bridgehead atoms. The summed E-state index contributed by atoms with van der Waals surface area (Å²) < 4.78 is 32.3. The van der Waals surface area contributed by atoms with Gasteiger partial charge in [-0.15, -0.1) is 0 Å². The summed E-state index contributed by atoms with van der Waals surface area (Å²) in [7, 11) is 1.56. The van der Waals surface area contributed by atoms with Crippen LogP contribution in [0.1, 0.15) is 11.1 Å². The third-order valence-electron chi connectivity index (χ3n) is 4.53. The number of anilines is 1. The average molecular weight is 360 g/mol. The molecule has 0 spiro atoms. The van der Waals surface area contributed by atoms with Crippen LogP contribution in [0.25, 0.3) is 0 Å². The van der Waals surface area contributed by atoms with Crippen LogP contribution in [0.4, 0.5) is 14.5 Å². The second kappa shape index (κ2) is 7.21. The molecule has 0 atom stereocenters. The Morgan fingerprint density at radius 1 is 1.08 bits per heavy atom. The molecular weight excluding hydrogens is 342 g/mol. The van der Waals surface area contributed by atoms with Gasteiger partial charge in [-0.1, -0.05) is 24.3 Å². The number of hydrogen-bond acceptors (Lipinski definition) is 3. The molecule has 5 nitrogen and oxygen atoms in total. The lowest BCUT2D eigenvalue weighted by molar-refractivity contribution is -0.137. The van der Waals surface area contributed by atoms with Crippen molar-refractivity contribution in [2.75, 3.05) is 19.0 Å². The van der Waals surface area contributed by atoms with Gasteiger partial charge in [-0.05, 0) is 23.3 Å². The fourth-order valence-electron chi connectivity index (χ4n) is 3.09. The van der Waals surface area contributed by atoms with Crippen LogP contribution in [-0.4, -0.2) is 31.1 Å². The lowest BCUT2D eigenvalue weighted by atomic mass is 10.00. The van der Waals surface area contributed by atoms with Crippen molar-refractivity contribution in [3.05, 3.63) is 65.2 Å². The molecule has 0 saturated carbocycles. The molecule has 0 unspecified atom stereocenters. The molecule has 0 aliphatic heterocycles. The molecule has 26 heavy (non-hydrogen) atoms. The number of benzene rings is 2. The number of carbonyl (C=O) groups excluding carboxylic acids is 2. The van der Waals surface area contributed by atoms with Crippen molar-refractivity contribution in [3.63, 3.8) is 0 Å². The van der Waals surface area contributed by atoms with Crippen LogP contribution in [0.2, 0.25) is 0 Å². The van der Waals surface area contributed by atoms with Crippen molar-refractivity contribution >= 4 is 17.5 Å². The predicted octanol–water partition coefficient (Wildman–Crippen LogP) is 2.20. The molecule has 1 aliphatic rings. The summed E-state index contributed by atoms with van der Waals surface area (Å²) in [6.45, 7) is 0.121. The van der Waals surface area contributed by atoms with Gasteiger partial charge in [0.2, 0.25) is 0 Å². The molecule has 2 aromatic rings. The van der Waals surface area contributed by atoms with Crippen LogP contribution in [0.15, 0.2) is 42.5 Å². The maximum atomic E-state index is 13.6.